The van der Waals surface area contributed by atoms with Gasteiger partial charge in [0, 0.05) is 10.3 Å². The van der Waals surface area contributed by atoms with Crippen molar-refractivity contribution in [2.24, 2.45) is 0 Å². The number of amides is 1. The fourth-order valence-corrected chi connectivity index (χ4v) is 3.46. The first-order valence-electron chi connectivity index (χ1n) is 8.69. The van der Waals surface area contributed by atoms with E-state index in [1.165, 1.54) is 11.8 Å². The minimum absolute atomic E-state index is 0.316. The Morgan fingerprint density at radius 2 is 1.78 bits per heavy atom. The first-order valence-corrected chi connectivity index (χ1v) is 9.57. The summed E-state index contributed by atoms with van der Waals surface area (Å²) in [6.45, 7) is 3.27. The lowest BCUT2D eigenvalue weighted by Crippen LogP contribution is -2.32. The highest BCUT2D eigenvalue weighted by Gasteiger charge is 2.19. The molecule has 6 heteroatoms. The number of nitrogens with one attached hydrogen (secondary N) is 1. The number of furan rings is 1. The Kier molecular flexibility index (Phi) is 6.19. The molecular weight excluding hydrogens is 362 g/mol. The lowest BCUT2D eigenvalue weighted by molar-refractivity contribution is -0.147. The predicted molar refractivity (Wildman–Crippen MR) is 105 cm³/mol. The number of thioether (sulfide) groups is 1. The first-order chi connectivity index (χ1) is 13.0. The van der Waals surface area contributed by atoms with E-state index in [1.54, 1.807) is 6.92 Å². The average molecular weight is 383 g/mol. The Hall–Kier alpha value is -2.73. The fraction of sp³-hybridized carbons (Fsp3) is 0.238. The monoisotopic (exact) mass is 383 g/mol. The van der Waals surface area contributed by atoms with Crippen LogP contribution in [0, 0.1) is 0 Å². The minimum atomic E-state index is -0.421. The summed E-state index contributed by atoms with van der Waals surface area (Å²) >= 11 is 1.40. The molecule has 0 unspecified atom stereocenters. The molecule has 0 saturated carbocycles. The van der Waals surface area contributed by atoms with Gasteiger partial charge in [-0.25, -0.2) is 0 Å². The summed E-state index contributed by atoms with van der Waals surface area (Å²) in [4.78, 5) is 25.2. The molecule has 0 aliphatic heterocycles. The predicted octanol–water partition coefficient (Wildman–Crippen LogP) is 4.33. The number of carbonyl (C=O) groups excluding carboxylic acids is 2. The van der Waals surface area contributed by atoms with Crippen LogP contribution in [0.3, 0.4) is 0 Å². The van der Waals surface area contributed by atoms with Crippen molar-refractivity contribution in [2.75, 3.05) is 6.61 Å². The number of ether oxygens (including phenoxy) is 1. The van der Waals surface area contributed by atoms with E-state index >= 15 is 0 Å². The number of fused-ring (bicyclic) bond motifs is 1. The van der Waals surface area contributed by atoms with Gasteiger partial charge in [-0.2, -0.15) is 0 Å². The number of hydrogen-bond acceptors (Lipinski definition) is 5. The van der Waals surface area contributed by atoms with Gasteiger partial charge >= 0.3 is 5.97 Å². The molecule has 140 valence electrons. The van der Waals surface area contributed by atoms with Gasteiger partial charge in [-0.1, -0.05) is 36.4 Å². The van der Waals surface area contributed by atoms with Crippen molar-refractivity contribution >= 4 is 34.6 Å². The Morgan fingerprint density at radius 1 is 1.07 bits per heavy atom. The molecule has 2 aromatic carbocycles. The van der Waals surface area contributed by atoms with Gasteiger partial charge in [0.1, 0.15) is 16.6 Å². The van der Waals surface area contributed by atoms with Crippen LogP contribution in [-0.2, 0) is 14.3 Å². The topological polar surface area (TPSA) is 68.5 Å². The van der Waals surface area contributed by atoms with Crippen LogP contribution >= 0.6 is 11.8 Å². The summed E-state index contributed by atoms with van der Waals surface area (Å²) in [7, 11) is 0. The van der Waals surface area contributed by atoms with Gasteiger partial charge < -0.3 is 14.5 Å². The van der Waals surface area contributed by atoms with E-state index in [4.69, 9.17) is 9.15 Å². The van der Waals surface area contributed by atoms with Gasteiger partial charge in [0.2, 0.25) is 0 Å². The second kappa shape index (κ2) is 8.77. The third-order valence-corrected chi connectivity index (χ3v) is 5.07. The normalized spacial score (nSPS) is 13.1. The van der Waals surface area contributed by atoms with Gasteiger partial charge in [-0.3, -0.25) is 9.59 Å². The maximum atomic E-state index is 12.1. The highest BCUT2D eigenvalue weighted by Crippen LogP contribution is 2.24. The van der Waals surface area contributed by atoms with E-state index in [0.717, 1.165) is 15.9 Å². The van der Waals surface area contributed by atoms with Gasteiger partial charge in [0.15, 0.2) is 6.61 Å². The quantitative estimate of drug-likeness (QED) is 0.486. The number of rotatable bonds is 7. The molecule has 1 N–H and O–H groups in total. The summed E-state index contributed by atoms with van der Waals surface area (Å²) in [6, 6.07) is 18.8. The molecule has 0 saturated heterocycles. The molecule has 0 fully saturated rings. The second-order valence-electron chi connectivity index (χ2n) is 6.16. The van der Waals surface area contributed by atoms with Gasteiger partial charge in [0.25, 0.3) is 5.91 Å². The first kappa shape index (κ1) is 19.0. The molecule has 0 aliphatic carbocycles. The zero-order valence-corrected chi connectivity index (χ0v) is 16.0. The lowest BCUT2D eigenvalue weighted by Gasteiger charge is -2.13. The largest absolute Gasteiger partial charge is 0.459 e. The van der Waals surface area contributed by atoms with E-state index in [9.17, 15) is 9.59 Å². The van der Waals surface area contributed by atoms with E-state index in [0.29, 0.717) is 5.76 Å². The number of benzene rings is 2. The van der Waals surface area contributed by atoms with E-state index in [-0.39, 0.29) is 18.6 Å². The third-order valence-electron chi connectivity index (χ3n) is 3.98. The van der Waals surface area contributed by atoms with Crippen molar-refractivity contribution in [2.45, 2.75) is 30.0 Å². The Bertz CT molecular complexity index is 889. The zero-order valence-electron chi connectivity index (χ0n) is 15.2. The molecule has 1 amide bonds. The zero-order chi connectivity index (χ0) is 19.2. The molecule has 27 heavy (non-hydrogen) atoms. The van der Waals surface area contributed by atoms with Crippen LogP contribution in [0.5, 0.6) is 0 Å². The van der Waals surface area contributed by atoms with Crippen LogP contribution in [-0.4, -0.2) is 23.7 Å². The minimum Gasteiger partial charge on any atom is -0.459 e. The molecule has 3 aromatic rings. The Morgan fingerprint density at radius 3 is 2.52 bits per heavy atom. The molecule has 2 atom stereocenters. The lowest BCUT2D eigenvalue weighted by atomic mass is 10.2. The van der Waals surface area contributed by atoms with Crippen molar-refractivity contribution in [3.63, 3.8) is 0 Å². The van der Waals surface area contributed by atoms with Gasteiger partial charge in [-0.15, -0.1) is 11.8 Å². The molecule has 1 aromatic heterocycles. The van der Waals surface area contributed by atoms with Crippen LogP contribution in [0.1, 0.15) is 25.6 Å². The van der Waals surface area contributed by atoms with Crippen LogP contribution in [0.4, 0.5) is 0 Å². The highest BCUT2D eigenvalue weighted by molar-refractivity contribution is 8.00. The van der Waals surface area contributed by atoms with Gasteiger partial charge in [0.05, 0.1) is 6.04 Å². The Labute approximate surface area is 162 Å². The van der Waals surface area contributed by atoms with Crippen LogP contribution in [0.2, 0.25) is 0 Å². The molecule has 0 aliphatic rings. The molecule has 5 nitrogen and oxygen atoms in total. The molecule has 0 bridgehead atoms. The SMILES string of the molecule is C[C@H](Sc1ccccc1)C(=O)OCC(=O)N[C@H](C)c1cc2ccccc2o1. The number of para-hydroxylation sites is 1. The van der Waals surface area contributed by atoms with Crippen molar-refractivity contribution in [3.05, 3.63) is 66.4 Å². The van der Waals surface area contributed by atoms with E-state index in [1.807, 2.05) is 67.6 Å². The second-order valence-corrected chi connectivity index (χ2v) is 7.57. The van der Waals surface area contributed by atoms with Crippen LogP contribution in [0.15, 0.2) is 70.0 Å². The molecule has 0 radical (unpaired) electrons. The van der Waals surface area contributed by atoms with Crippen LogP contribution < -0.4 is 5.32 Å². The highest BCUT2D eigenvalue weighted by atomic mass is 32.2. The maximum Gasteiger partial charge on any atom is 0.319 e. The Balaban J connectivity index is 1.47. The fourth-order valence-electron chi connectivity index (χ4n) is 2.58. The summed E-state index contributed by atoms with van der Waals surface area (Å²) in [6.07, 6.45) is 0. The summed E-state index contributed by atoms with van der Waals surface area (Å²) < 4.78 is 10.9. The van der Waals surface area contributed by atoms with Gasteiger partial charge in [-0.05, 0) is 38.1 Å². The summed E-state index contributed by atoms with van der Waals surface area (Å²) in [5.74, 6) is -0.132. The van der Waals surface area contributed by atoms with Crippen LogP contribution in [0.25, 0.3) is 11.0 Å². The van der Waals surface area contributed by atoms with E-state index in [2.05, 4.69) is 5.32 Å². The van der Waals surface area contributed by atoms with Crippen molar-refractivity contribution in [1.29, 1.82) is 0 Å². The molecule has 3 rings (SSSR count). The van der Waals surface area contributed by atoms with Crippen molar-refractivity contribution < 1.29 is 18.7 Å². The standard InChI is InChI=1S/C21H21NO4S/c1-14(19-12-16-8-6-7-11-18(16)26-19)22-20(23)13-25-21(24)15(2)27-17-9-4-3-5-10-17/h3-12,14-15H,13H2,1-2H3,(H,22,23)/t14-,15+/m1/s1. The number of hydrogen-bond donors (Lipinski definition) is 1. The molecular formula is C21H21NO4S. The number of carbonyl (C=O) groups is 2. The molecule has 0 spiro atoms. The summed E-state index contributed by atoms with van der Waals surface area (Å²) in [5, 5.41) is 3.37. The average Bonchev–Trinajstić information content (AvgIpc) is 3.11. The van der Waals surface area contributed by atoms with E-state index < -0.39 is 11.2 Å². The van der Waals surface area contributed by atoms with Crippen molar-refractivity contribution in [1.82, 2.24) is 5.32 Å². The summed E-state index contributed by atoms with van der Waals surface area (Å²) in [5.41, 5.74) is 0.770. The smallest absolute Gasteiger partial charge is 0.319 e. The maximum absolute atomic E-state index is 12.1. The third kappa shape index (κ3) is 5.14. The van der Waals surface area contributed by atoms with Crippen molar-refractivity contribution in [3.8, 4) is 0 Å². The number of esters is 1. The molecule has 1 heterocycles.